The van der Waals surface area contributed by atoms with E-state index in [1.54, 1.807) is 0 Å². The van der Waals surface area contributed by atoms with E-state index in [0.717, 1.165) is 0 Å². The number of hydrogen-bond acceptors (Lipinski definition) is 16. The van der Waals surface area contributed by atoms with E-state index >= 15 is 0 Å². The molecule has 1 rings (SSSR count). The fourth-order valence-corrected chi connectivity index (χ4v) is 0. The van der Waals surface area contributed by atoms with Crippen molar-refractivity contribution < 1.29 is 98.8 Å². The molecule has 0 aliphatic rings. The minimum Gasteiger partial charge on any atom is -0.412 e. The molecule has 0 saturated heterocycles. The van der Waals surface area contributed by atoms with Gasteiger partial charge >= 0.3 is 0 Å². The highest BCUT2D eigenvalue weighted by molar-refractivity contribution is 2.71. The third-order valence-electron chi connectivity index (χ3n) is 0.0680. The first-order valence-electron chi connectivity index (χ1n) is 1.87. The smallest absolute Gasteiger partial charge is 0 e. The van der Waals surface area contributed by atoms with Crippen LogP contribution in [-0.4, -0.2) is 79.5 Å². The Bertz CT molecular complexity index is 37.1. The molecule has 0 amide bonds. The van der Waals surface area contributed by atoms with Crippen molar-refractivity contribution in [1.82, 2.24) is 0 Å². The predicted octanol–water partition coefficient (Wildman–Crippen LogP) is -1.97. The lowest BCUT2D eigenvalue weighted by Crippen LogP contribution is -1.60. The molecule has 19 heavy (non-hydrogen) atoms. The van der Waals surface area contributed by atoms with Gasteiger partial charge in [-0.05, 0) is 0 Å². The van der Waals surface area contributed by atoms with Gasteiger partial charge in [0.05, 0.1) is 0 Å². The maximum absolute atomic E-state index is 6.62. The highest BCUT2D eigenvalue weighted by Gasteiger charge is 1.63. The Hall–Kier alpha value is -1.24. The predicted molar refractivity (Wildman–Crippen MR) is 46.7 cm³/mol. The lowest BCUT2D eigenvalue weighted by atomic mass is 14.6. The molecular formula is H18O19. The van der Waals surface area contributed by atoms with E-state index in [1.807, 2.05) is 0 Å². The van der Waals surface area contributed by atoms with Crippen molar-refractivity contribution in [1.29, 1.82) is 0 Å². The molecule has 18 N–H and O–H groups in total. The average molecular weight is 322 g/mol. The molecule has 19 heteroatoms. The first-order valence-corrected chi connectivity index (χ1v) is 1.87. The molecule has 0 radical (unpaired) electrons. The lowest BCUT2D eigenvalue weighted by Gasteiger charge is -1.56. The molecule has 1 aromatic heterocycles. The van der Waals surface area contributed by atoms with E-state index in [9.17, 15) is 0 Å². The Morgan fingerprint density at radius 3 is 0.474 bits per heavy atom. The van der Waals surface area contributed by atoms with Crippen molar-refractivity contribution in [3.05, 3.63) is 0 Å². The van der Waals surface area contributed by atoms with Crippen LogP contribution in [0.15, 0.2) is 14.2 Å². The van der Waals surface area contributed by atoms with Crippen molar-refractivity contribution in [2.75, 3.05) is 0 Å². The largest absolute Gasteiger partial charge is 0.412 e. The van der Waals surface area contributed by atoms with Gasteiger partial charge in [0.2, 0.25) is 0 Å². The summed E-state index contributed by atoms with van der Waals surface area (Å²) in [4.78, 5) is 0. The molecule has 132 valence electrons. The monoisotopic (exact) mass is 322 g/mol. The third-order valence-corrected chi connectivity index (χ3v) is 0.0680. The van der Waals surface area contributed by atoms with Crippen LogP contribution < -0.4 is 0 Å². The Morgan fingerprint density at radius 2 is 0.474 bits per heavy atom. The van der Waals surface area contributed by atoms with Gasteiger partial charge in [0, 0.05) is 14.2 Å². The van der Waals surface area contributed by atoms with Crippen LogP contribution in [0, 0.1) is 0 Å². The molecule has 19 nitrogen and oxygen atoms in total. The molecule has 0 fully saturated rings. The summed E-state index contributed by atoms with van der Waals surface area (Å²) in [6, 6.07) is 0. The van der Waals surface area contributed by atoms with Gasteiger partial charge < -0.3 is 16.4 Å². The van der Waals surface area contributed by atoms with Crippen molar-refractivity contribution in [3.63, 3.8) is 0 Å². The summed E-state index contributed by atoms with van der Waals surface area (Å²) in [5.74, 6) is 0. The van der Waals surface area contributed by atoms with Crippen LogP contribution in [0.1, 0.15) is 0 Å². The van der Waals surface area contributed by atoms with E-state index in [0.29, 0.717) is 0 Å². The molecule has 0 aliphatic heterocycles. The molecule has 0 spiro atoms. The van der Waals surface area contributed by atoms with Crippen molar-refractivity contribution in [3.8, 4) is 0 Å². The Labute approximate surface area is 100 Å². The molecule has 0 aliphatic carbocycles. The lowest BCUT2D eigenvalue weighted by molar-refractivity contribution is -0.465. The summed E-state index contributed by atoms with van der Waals surface area (Å²) >= 11 is 0. The first kappa shape index (κ1) is 65.0. The van der Waals surface area contributed by atoms with Crippen LogP contribution in [0.5, 0.6) is 0 Å². The zero-order valence-corrected chi connectivity index (χ0v) is 8.50. The van der Waals surface area contributed by atoms with Gasteiger partial charge in [-0.1, -0.05) is 5.04 Å². The molecular weight excluding hydrogens is 304 g/mol. The van der Waals surface area contributed by atoms with Crippen LogP contribution >= 0.6 is 0 Å². The molecule has 1 heterocycles. The maximum atomic E-state index is 6.62. The molecule has 0 saturated carbocycles. The Kier molecular flexibility index (Phi) is 1870. The van der Waals surface area contributed by atoms with E-state index < -0.39 is 0 Å². The highest BCUT2D eigenvalue weighted by atomic mass is 17.6. The summed E-state index contributed by atoms with van der Waals surface area (Å²) < 4.78 is 10.5. The van der Waals surface area contributed by atoms with Gasteiger partial charge in [-0.3, -0.25) is 52.6 Å². The quantitative estimate of drug-likeness (QED) is 0.181. The second-order valence-corrected chi connectivity index (χ2v) is 0.286. The molecule has 0 aromatic carbocycles. The SMILES string of the molecule is O.O.O.OO.OO.OO.OO.OO.OOO.o1oo1. The third kappa shape index (κ3) is 63400. The summed E-state index contributed by atoms with van der Waals surface area (Å²) in [7, 11) is 0. The zero-order valence-electron chi connectivity index (χ0n) is 8.50. The summed E-state index contributed by atoms with van der Waals surface area (Å²) in [6.07, 6.45) is 0. The second kappa shape index (κ2) is 546. The van der Waals surface area contributed by atoms with Crippen LogP contribution in [-0.2, 0) is 5.04 Å². The Morgan fingerprint density at radius 1 is 0.421 bits per heavy atom. The van der Waals surface area contributed by atoms with E-state index in [2.05, 4.69) is 19.2 Å². The van der Waals surface area contributed by atoms with E-state index in [1.165, 1.54) is 0 Å². The standard InChI is InChI=1S/O3.H2O3.5H2O2.3H2O/c1-2-3-1;1-3-2;5*1-2;;;/h;1-2H;5*1-2H;3*1H2. The van der Waals surface area contributed by atoms with Crippen LogP contribution in [0.3, 0.4) is 0 Å². The minimum atomic E-state index is 0. The number of hydrogen-bond donors (Lipinski definition) is 12. The van der Waals surface area contributed by atoms with Crippen molar-refractivity contribution in [2.45, 2.75) is 0 Å². The van der Waals surface area contributed by atoms with Crippen molar-refractivity contribution in [2.24, 2.45) is 0 Å². The zero-order chi connectivity index (χ0) is 14.8. The highest BCUT2D eigenvalue weighted by Crippen LogP contribution is 1.79. The van der Waals surface area contributed by atoms with Crippen LogP contribution in [0.2, 0.25) is 0 Å². The first-order chi connectivity index (χ1) is 7.91. The fourth-order valence-electron chi connectivity index (χ4n) is 0. The molecule has 1 aromatic rings. The summed E-state index contributed by atoms with van der Waals surface area (Å²) in [6.45, 7) is 0. The normalized spacial score (nSPS) is 3.79. The topological polar surface area (TPSA) is 386 Å². The fraction of sp³-hybridized carbons (Fsp3) is 0. The van der Waals surface area contributed by atoms with Crippen LogP contribution in [0.25, 0.3) is 0 Å². The van der Waals surface area contributed by atoms with Gasteiger partial charge in [0.15, 0.2) is 0 Å². The van der Waals surface area contributed by atoms with Gasteiger partial charge in [0.25, 0.3) is 0 Å². The maximum Gasteiger partial charge on any atom is 0 e. The number of rotatable bonds is 0. The van der Waals surface area contributed by atoms with E-state index in [-0.39, 0.29) is 16.4 Å². The molecule has 0 unspecified atom stereocenters. The van der Waals surface area contributed by atoms with Gasteiger partial charge in [-0.25, -0.2) is 10.5 Å². The molecule has 0 atom stereocenters. The van der Waals surface area contributed by atoms with Crippen LogP contribution in [0.4, 0.5) is 0 Å². The molecule has 0 bridgehead atoms. The average Bonchev–Trinajstić information content (AvgIpc) is 3.30. The van der Waals surface area contributed by atoms with E-state index in [4.69, 9.17) is 63.1 Å². The second-order valence-electron chi connectivity index (χ2n) is 0.286. The van der Waals surface area contributed by atoms with Gasteiger partial charge in [-0.15, -0.1) is 0 Å². The van der Waals surface area contributed by atoms with Gasteiger partial charge in [-0.2, -0.15) is 0 Å². The summed E-state index contributed by atoms with van der Waals surface area (Å²) in [5.41, 5.74) is 0. The van der Waals surface area contributed by atoms with Gasteiger partial charge in [0.1, 0.15) is 0 Å². The van der Waals surface area contributed by atoms with Crippen molar-refractivity contribution >= 4 is 0 Å². The Balaban J connectivity index is -0.00000000867. The summed E-state index contributed by atoms with van der Waals surface area (Å²) in [5, 5.41) is 75.5. The minimum absolute atomic E-state index is 0.